The molecule has 0 radical (unpaired) electrons. The molecule has 1 aromatic heterocycles. The van der Waals surface area contributed by atoms with E-state index in [1.807, 2.05) is 23.6 Å². The summed E-state index contributed by atoms with van der Waals surface area (Å²) in [7, 11) is 0. The van der Waals surface area contributed by atoms with Crippen LogP contribution < -0.4 is 16.6 Å². The van der Waals surface area contributed by atoms with Gasteiger partial charge >= 0.3 is 0 Å². The Morgan fingerprint density at radius 3 is 2.75 bits per heavy atom. The lowest BCUT2D eigenvalue weighted by atomic mass is 10.2. The Morgan fingerprint density at radius 1 is 1.42 bits per heavy atom. The molecule has 2 aromatic rings. The number of nitrogens with zero attached hydrogens (tertiary/aromatic N) is 3. The number of aromatic nitrogens is 3. The third-order valence-corrected chi connectivity index (χ3v) is 4.34. The largest absolute Gasteiger partial charge is 0.375 e. The van der Waals surface area contributed by atoms with E-state index in [1.54, 1.807) is 6.08 Å². The van der Waals surface area contributed by atoms with E-state index in [1.165, 1.54) is 17.3 Å². The number of hydrazine groups is 1. The molecule has 128 valence electrons. The lowest BCUT2D eigenvalue weighted by Crippen LogP contribution is -2.31. The molecule has 1 atom stereocenters. The molecule has 4 N–H and O–H groups in total. The number of thioether (sulfide) groups is 1. The molecule has 0 bridgehead atoms. The zero-order valence-electron chi connectivity index (χ0n) is 13.8. The third-order valence-electron chi connectivity index (χ3n) is 3.37. The number of benzene rings is 1. The van der Waals surface area contributed by atoms with E-state index >= 15 is 0 Å². The summed E-state index contributed by atoms with van der Waals surface area (Å²) in [4.78, 5) is 11.3. The summed E-state index contributed by atoms with van der Waals surface area (Å²) < 4.78 is 1.94. The van der Waals surface area contributed by atoms with Crippen molar-refractivity contribution in [2.24, 2.45) is 5.84 Å². The van der Waals surface area contributed by atoms with Gasteiger partial charge in [-0.2, -0.15) is 0 Å². The number of rotatable bonds is 8. The maximum atomic E-state index is 11.3. The Morgan fingerprint density at radius 2 is 2.12 bits per heavy atom. The smallest absolute Gasteiger partial charge is 0.244 e. The highest BCUT2D eigenvalue weighted by Gasteiger charge is 2.18. The van der Waals surface area contributed by atoms with Crippen LogP contribution in [-0.4, -0.2) is 26.4 Å². The maximum Gasteiger partial charge on any atom is 0.244 e. The average molecular weight is 346 g/mol. The Kier molecular flexibility index (Phi) is 6.39. The average Bonchev–Trinajstić information content (AvgIpc) is 2.98. The van der Waals surface area contributed by atoms with E-state index in [0.29, 0.717) is 11.7 Å². The molecule has 7 nitrogen and oxygen atoms in total. The minimum absolute atomic E-state index is 0.0437. The number of nitrogens with one attached hydrogen (secondary N) is 2. The first-order valence-electron chi connectivity index (χ1n) is 7.54. The number of hydrogen-bond donors (Lipinski definition) is 3. The quantitative estimate of drug-likeness (QED) is 0.222. The molecule has 0 unspecified atom stereocenters. The molecule has 0 aliphatic rings. The van der Waals surface area contributed by atoms with Crippen LogP contribution in [0.25, 0.3) is 0 Å². The van der Waals surface area contributed by atoms with Crippen LogP contribution in [0.3, 0.4) is 0 Å². The van der Waals surface area contributed by atoms with Crippen LogP contribution in [0.1, 0.15) is 24.4 Å². The summed E-state index contributed by atoms with van der Waals surface area (Å²) in [6.07, 6.45) is 1.78. The van der Waals surface area contributed by atoms with Gasteiger partial charge < -0.3 is 9.88 Å². The van der Waals surface area contributed by atoms with Gasteiger partial charge in [-0.1, -0.05) is 35.5 Å². The molecule has 8 heteroatoms. The number of carbonyl (C=O) groups excluding carboxylic acids is 1. The molecule has 0 saturated carbocycles. The topological polar surface area (TPSA) is 97.9 Å². The van der Waals surface area contributed by atoms with Gasteiger partial charge in [0.2, 0.25) is 5.91 Å². The lowest BCUT2D eigenvalue weighted by molar-refractivity contribution is -0.118. The summed E-state index contributed by atoms with van der Waals surface area (Å²) in [5.74, 6) is 5.81. The van der Waals surface area contributed by atoms with Crippen LogP contribution in [0.2, 0.25) is 0 Å². The van der Waals surface area contributed by atoms with Gasteiger partial charge in [0, 0.05) is 12.2 Å². The van der Waals surface area contributed by atoms with Crippen molar-refractivity contribution in [2.75, 3.05) is 11.1 Å². The molecule has 1 aromatic carbocycles. The molecule has 0 aliphatic carbocycles. The van der Waals surface area contributed by atoms with Crippen molar-refractivity contribution in [2.45, 2.75) is 31.6 Å². The van der Waals surface area contributed by atoms with Gasteiger partial charge in [-0.15, -0.1) is 16.8 Å². The highest BCUT2D eigenvalue weighted by atomic mass is 32.2. The van der Waals surface area contributed by atoms with E-state index < -0.39 is 0 Å². The van der Waals surface area contributed by atoms with Crippen molar-refractivity contribution >= 4 is 23.4 Å². The lowest BCUT2D eigenvalue weighted by Gasteiger charge is -2.16. The Hall–Kier alpha value is -2.32. The fraction of sp³-hybridized carbons (Fsp3) is 0.312. The summed E-state index contributed by atoms with van der Waals surface area (Å²) in [6.45, 7) is 8.41. The van der Waals surface area contributed by atoms with Gasteiger partial charge in [0.15, 0.2) is 11.0 Å². The molecule has 1 amide bonds. The second-order valence-corrected chi connectivity index (χ2v) is 6.27. The van der Waals surface area contributed by atoms with E-state index in [-0.39, 0.29) is 17.7 Å². The van der Waals surface area contributed by atoms with Gasteiger partial charge in [0.05, 0.1) is 11.8 Å². The number of aryl methyl sites for hydroxylation is 1. The molecule has 24 heavy (non-hydrogen) atoms. The highest BCUT2D eigenvalue weighted by molar-refractivity contribution is 7.99. The van der Waals surface area contributed by atoms with Crippen molar-refractivity contribution in [1.29, 1.82) is 0 Å². The van der Waals surface area contributed by atoms with Crippen molar-refractivity contribution in [3.05, 3.63) is 48.3 Å². The van der Waals surface area contributed by atoms with Crippen LogP contribution in [0.4, 0.5) is 5.69 Å². The molecular weight excluding hydrogens is 324 g/mol. The number of anilines is 1. The number of allylic oxidation sites excluding steroid dienone is 1. The van der Waals surface area contributed by atoms with E-state index in [2.05, 4.69) is 46.6 Å². The van der Waals surface area contributed by atoms with Crippen LogP contribution in [0.15, 0.2) is 42.1 Å². The van der Waals surface area contributed by atoms with E-state index in [9.17, 15) is 4.79 Å². The summed E-state index contributed by atoms with van der Waals surface area (Å²) >= 11 is 1.29. The molecule has 0 aliphatic heterocycles. The van der Waals surface area contributed by atoms with Crippen LogP contribution >= 0.6 is 11.8 Å². The van der Waals surface area contributed by atoms with Crippen LogP contribution in [-0.2, 0) is 11.3 Å². The fourth-order valence-electron chi connectivity index (χ4n) is 2.16. The van der Waals surface area contributed by atoms with Gasteiger partial charge in [-0.05, 0) is 26.0 Å². The second-order valence-electron chi connectivity index (χ2n) is 5.33. The van der Waals surface area contributed by atoms with Crippen LogP contribution in [0, 0.1) is 6.92 Å². The number of amides is 1. The molecule has 0 saturated heterocycles. The van der Waals surface area contributed by atoms with Gasteiger partial charge in [-0.25, -0.2) is 5.84 Å². The van der Waals surface area contributed by atoms with E-state index in [4.69, 9.17) is 5.84 Å². The molecule has 0 spiro atoms. The Balaban J connectivity index is 2.15. The van der Waals surface area contributed by atoms with Crippen molar-refractivity contribution in [3.63, 3.8) is 0 Å². The fourth-order valence-corrected chi connectivity index (χ4v) is 2.93. The molecule has 2 rings (SSSR count). The first-order valence-corrected chi connectivity index (χ1v) is 8.53. The van der Waals surface area contributed by atoms with E-state index in [0.717, 1.165) is 11.5 Å². The summed E-state index contributed by atoms with van der Waals surface area (Å²) in [6, 6.07) is 8.12. The second kappa shape index (κ2) is 8.51. The van der Waals surface area contributed by atoms with Gasteiger partial charge in [0.25, 0.3) is 0 Å². The SMILES string of the molecule is C=CCn1c(SCC(=O)NN)nnc1[C@@H](C)Nc1ccc(C)cc1. The standard InChI is InChI=1S/C16H22N6OS/c1-4-9-22-15(20-21-16(22)24-10-14(23)19-17)12(3)18-13-7-5-11(2)6-8-13/h4-8,12,18H,1,9-10,17H2,2-3H3,(H,19,23)/t12-/m1/s1. The molecule has 0 fully saturated rings. The third kappa shape index (κ3) is 4.59. The van der Waals surface area contributed by atoms with Crippen LogP contribution in [0.5, 0.6) is 0 Å². The zero-order chi connectivity index (χ0) is 17.5. The summed E-state index contributed by atoms with van der Waals surface area (Å²) in [5, 5.41) is 12.5. The minimum Gasteiger partial charge on any atom is -0.375 e. The summed E-state index contributed by atoms with van der Waals surface area (Å²) in [5.41, 5.74) is 4.32. The molecular formula is C16H22N6OS. The first-order chi connectivity index (χ1) is 11.5. The minimum atomic E-state index is -0.263. The Labute approximate surface area is 145 Å². The number of carbonyl (C=O) groups is 1. The van der Waals surface area contributed by atoms with Gasteiger partial charge in [-0.3, -0.25) is 10.2 Å². The van der Waals surface area contributed by atoms with Crippen molar-refractivity contribution in [1.82, 2.24) is 20.2 Å². The zero-order valence-corrected chi connectivity index (χ0v) is 14.6. The predicted octanol–water partition coefficient (Wildman–Crippen LogP) is 2.03. The normalized spacial score (nSPS) is 11.8. The highest BCUT2D eigenvalue weighted by Crippen LogP contribution is 2.23. The predicted molar refractivity (Wildman–Crippen MR) is 96.5 cm³/mol. The number of hydrogen-bond acceptors (Lipinski definition) is 6. The van der Waals surface area contributed by atoms with Crippen molar-refractivity contribution in [3.8, 4) is 0 Å². The van der Waals surface area contributed by atoms with Gasteiger partial charge in [0.1, 0.15) is 0 Å². The monoisotopic (exact) mass is 346 g/mol. The Bertz CT molecular complexity index is 697. The van der Waals surface area contributed by atoms with Crippen molar-refractivity contribution < 1.29 is 4.79 Å². The molecule has 1 heterocycles. The maximum absolute atomic E-state index is 11.3. The number of nitrogens with two attached hydrogens (primary N) is 1. The first kappa shape index (κ1) is 18.0.